The summed E-state index contributed by atoms with van der Waals surface area (Å²) >= 11 is 0. The van der Waals surface area contributed by atoms with Crippen LogP contribution in [-0.2, 0) is 16.0 Å². The Hall–Kier alpha value is -3.13. The number of anilines is 2. The molecule has 2 N–H and O–H groups in total. The van der Waals surface area contributed by atoms with E-state index in [0.29, 0.717) is 16.9 Å². The molecule has 0 radical (unpaired) electrons. The summed E-state index contributed by atoms with van der Waals surface area (Å²) in [6.45, 7) is 3.86. The van der Waals surface area contributed by atoms with Crippen molar-refractivity contribution in [2.24, 2.45) is 0 Å². The molecule has 0 unspecified atom stereocenters. The van der Waals surface area contributed by atoms with Crippen molar-refractivity contribution in [2.45, 2.75) is 20.3 Å². The van der Waals surface area contributed by atoms with E-state index in [1.165, 1.54) is 6.07 Å². The van der Waals surface area contributed by atoms with E-state index in [9.17, 15) is 9.59 Å². The molecule has 116 valence electrons. The van der Waals surface area contributed by atoms with Crippen molar-refractivity contribution in [1.82, 2.24) is 0 Å². The second-order valence-corrected chi connectivity index (χ2v) is 5.06. The van der Waals surface area contributed by atoms with Crippen LogP contribution in [0.5, 0.6) is 0 Å². The number of hydrogen-bond donors (Lipinski definition) is 2. The fraction of sp³-hybridized carbons (Fsp3) is 0.167. The second kappa shape index (κ2) is 7.23. The van der Waals surface area contributed by atoms with Crippen molar-refractivity contribution >= 4 is 23.2 Å². The Labute approximate surface area is 134 Å². The smallest absolute Gasteiger partial charge is 0.314 e. The largest absolute Gasteiger partial charge is 0.318 e. The molecule has 0 fully saturated rings. The molecule has 0 saturated carbocycles. The molecule has 5 heteroatoms. The maximum absolute atomic E-state index is 12.1. The van der Waals surface area contributed by atoms with Crippen LogP contribution < -0.4 is 10.6 Å². The molecule has 0 bridgehead atoms. The quantitative estimate of drug-likeness (QED) is 0.855. The van der Waals surface area contributed by atoms with Crippen LogP contribution in [0, 0.1) is 18.3 Å². The van der Waals surface area contributed by atoms with E-state index in [1.807, 2.05) is 38.1 Å². The summed E-state index contributed by atoms with van der Waals surface area (Å²) in [5.41, 5.74) is 3.36. The molecular weight excluding hydrogens is 290 g/mol. The minimum absolute atomic E-state index is 0.407. The first-order chi connectivity index (χ1) is 11.0. The second-order valence-electron chi connectivity index (χ2n) is 5.06. The summed E-state index contributed by atoms with van der Waals surface area (Å²) in [6, 6.07) is 14.1. The van der Waals surface area contributed by atoms with E-state index in [4.69, 9.17) is 5.26 Å². The number of amides is 2. The van der Waals surface area contributed by atoms with Crippen molar-refractivity contribution in [3.8, 4) is 6.07 Å². The van der Waals surface area contributed by atoms with E-state index in [1.54, 1.807) is 18.2 Å². The van der Waals surface area contributed by atoms with Crippen molar-refractivity contribution in [3.05, 3.63) is 59.2 Å². The monoisotopic (exact) mass is 307 g/mol. The molecule has 0 heterocycles. The third-order valence-electron chi connectivity index (χ3n) is 3.43. The average Bonchev–Trinajstić information content (AvgIpc) is 2.56. The van der Waals surface area contributed by atoms with Gasteiger partial charge in [0.25, 0.3) is 0 Å². The number of carbonyl (C=O) groups excluding carboxylic acids is 2. The summed E-state index contributed by atoms with van der Waals surface area (Å²) in [7, 11) is 0. The van der Waals surface area contributed by atoms with Gasteiger partial charge in [-0.2, -0.15) is 5.26 Å². The first kappa shape index (κ1) is 16.2. The lowest BCUT2D eigenvalue weighted by Gasteiger charge is -2.12. The van der Waals surface area contributed by atoms with Gasteiger partial charge in [0.1, 0.15) is 0 Å². The first-order valence-corrected chi connectivity index (χ1v) is 7.26. The lowest BCUT2D eigenvalue weighted by molar-refractivity contribution is -0.133. The van der Waals surface area contributed by atoms with E-state index >= 15 is 0 Å². The molecule has 0 aliphatic carbocycles. The maximum Gasteiger partial charge on any atom is 0.314 e. The van der Waals surface area contributed by atoms with Gasteiger partial charge in [-0.3, -0.25) is 9.59 Å². The molecule has 0 aliphatic rings. The van der Waals surface area contributed by atoms with E-state index in [2.05, 4.69) is 10.6 Å². The van der Waals surface area contributed by atoms with Crippen molar-refractivity contribution in [2.75, 3.05) is 10.6 Å². The topological polar surface area (TPSA) is 82.0 Å². The Morgan fingerprint density at radius 1 is 1.09 bits per heavy atom. The van der Waals surface area contributed by atoms with Gasteiger partial charge in [-0.25, -0.2) is 0 Å². The van der Waals surface area contributed by atoms with Gasteiger partial charge in [0, 0.05) is 11.4 Å². The van der Waals surface area contributed by atoms with Crippen LogP contribution in [0.25, 0.3) is 0 Å². The van der Waals surface area contributed by atoms with Crippen LogP contribution in [-0.4, -0.2) is 11.8 Å². The lowest BCUT2D eigenvalue weighted by atomic mass is 10.1. The van der Waals surface area contributed by atoms with Crippen molar-refractivity contribution in [1.29, 1.82) is 5.26 Å². The highest BCUT2D eigenvalue weighted by Crippen LogP contribution is 2.21. The molecular formula is C18H17N3O2. The van der Waals surface area contributed by atoms with Crippen LogP contribution >= 0.6 is 0 Å². The van der Waals surface area contributed by atoms with Gasteiger partial charge < -0.3 is 10.6 Å². The highest BCUT2D eigenvalue weighted by molar-refractivity contribution is 6.43. The Kier molecular flexibility index (Phi) is 5.11. The van der Waals surface area contributed by atoms with Crippen molar-refractivity contribution < 1.29 is 9.59 Å². The Morgan fingerprint density at radius 3 is 2.48 bits per heavy atom. The standard InChI is InChI=1S/C18H17N3O2/c1-3-14-8-4-6-12(2)16(14)21-18(23)17(22)20-15-9-5-7-13(10-15)11-19/h4-10H,3H2,1-2H3,(H,20,22)(H,21,23). The van der Waals surface area contributed by atoms with E-state index in [0.717, 1.165) is 17.5 Å². The van der Waals surface area contributed by atoms with Gasteiger partial charge in [0.2, 0.25) is 0 Å². The molecule has 2 aromatic rings. The molecule has 2 rings (SSSR count). The molecule has 2 aromatic carbocycles. The number of benzene rings is 2. The predicted octanol–water partition coefficient (Wildman–Crippen LogP) is 3.01. The zero-order valence-corrected chi connectivity index (χ0v) is 13.0. The minimum atomic E-state index is -0.773. The van der Waals surface area contributed by atoms with Crippen LogP contribution in [0.2, 0.25) is 0 Å². The highest BCUT2D eigenvalue weighted by atomic mass is 16.2. The van der Waals surface area contributed by atoms with Crippen molar-refractivity contribution in [3.63, 3.8) is 0 Å². The van der Waals surface area contributed by atoms with Gasteiger partial charge in [-0.05, 0) is 42.7 Å². The minimum Gasteiger partial charge on any atom is -0.318 e. The van der Waals surface area contributed by atoms with Gasteiger partial charge in [-0.15, -0.1) is 0 Å². The third-order valence-corrected chi connectivity index (χ3v) is 3.43. The van der Waals surface area contributed by atoms with Crippen LogP contribution in [0.4, 0.5) is 11.4 Å². The fourth-order valence-corrected chi connectivity index (χ4v) is 2.23. The van der Waals surface area contributed by atoms with Crippen LogP contribution in [0.15, 0.2) is 42.5 Å². The summed E-state index contributed by atoms with van der Waals surface area (Å²) in [6.07, 6.45) is 0.753. The average molecular weight is 307 g/mol. The first-order valence-electron chi connectivity index (χ1n) is 7.26. The zero-order chi connectivity index (χ0) is 16.8. The van der Waals surface area contributed by atoms with Gasteiger partial charge >= 0.3 is 11.8 Å². The number of aryl methyl sites for hydroxylation is 2. The number of hydrogen-bond acceptors (Lipinski definition) is 3. The number of nitriles is 1. The third kappa shape index (κ3) is 3.95. The summed E-state index contributed by atoms with van der Waals surface area (Å²) < 4.78 is 0. The highest BCUT2D eigenvalue weighted by Gasteiger charge is 2.16. The Bertz CT molecular complexity index is 791. The summed E-state index contributed by atoms with van der Waals surface area (Å²) in [5, 5.41) is 14.0. The summed E-state index contributed by atoms with van der Waals surface area (Å²) in [5.74, 6) is -1.51. The van der Waals surface area contributed by atoms with Gasteiger partial charge in [0.15, 0.2) is 0 Å². The molecule has 0 aromatic heterocycles. The predicted molar refractivity (Wildman–Crippen MR) is 89.0 cm³/mol. The zero-order valence-electron chi connectivity index (χ0n) is 13.0. The Morgan fingerprint density at radius 2 is 1.78 bits per heavy atom. The molecule has 0 atom stereocenters. The lowest BCUT2D eigenvalue weighted by Crippen LogP contribution is -2.29. The van der Waals surface area contributed by atoms with Gasteiger partial charge in [0.05, 0.1) is 11.6 Å². The number of rotatable bonds is 3. The van der Waals surface area contributed by atoms with E-state index in [-0.39, 0.29) is 0 Å². The molecule has 2 amide bonds. The molecule has 5 nitrogen and oxygen atoms in total. The Balaban J connectivity index is 2.12. The molecule has 0 aliphatic heterocycles. The van der Waals surface area contributed by atoms with Crippen LogP contribution in [0.3, 0.4) is 0 Å². The van der Waals surface area contributed by atoms with E-state index < -0.39 is 11.8 Å². The summed E-state index contributed by atoms with van der Waals surface area (Å²) in [4.78, 5) is 24.1. The fourth-order valence-electron chi connectivity index (χ4n) is 2.23. The normalized spacial score (nSPS) is 9.78. The molecule has 23 heavy (non-hydrogen) atoms. The number of carbonyl (C=O) groups is 2. The number of nitrogens with zero attached hydrogens (tertiary/aromatic N) is 1. The SMILES string of the molecule is CCc1cccc(C)c1NC(=O)C(=O)Nc1cccc(C#N)c1. The van der Waals surface area contributed by atoms with Crippen LogP contribution in [0.1, 0.15) is 23.6 Å². The molecule has 0 spiro atoms. The molecule has 0 saturated heterocycles. The maximum atomic E-state index is 12.1. The number of para-hydroxylation sites is 1. The van der Waals surface area contributed by atoms with Gasteiger partial charge in [-0.1, -0.05) is 31.2 Å². The number of nitrogens with one attached hydrogen (secondary N) is 2.